The van der Waals surface area contributed by atoms with E-state index in [4.69, 9.17) is 5.73 Å². The maximum absolute atomic E-state index is 11.5. The molecule has 0 aliphatic heterocycles. The zero-order valence-corrected chi connectivity index (χ0v) is 12.4. The van der Waals surface area contributed by atoms with Crippen LogP contribution in [0.3, 0.4) is 0 Å². The molecule has 6 heteroatoms. The molecule has 1 heterocycles. The van der Waals surface area contributed by atoms with E-state index in [1.165, 1.54) is 31.9 Å². The van der Waals surface area contributed by atoms with Gasteiger partial charge in [0.2, 0.25) is 0 Å². The molecule has 2 unspecified atom stereocenters. The van der Waals surface area contributed by atoms with Gasteiger partial charge in [-0.3, -0.25) is 4.68 Å². The second-order valence-corrected chi connectivity index (χ2v) is 8.03. The van der Waals surface area contributed by atoms with Gasteiger partial charge in [-0.25, -0.2) is 8.42 Å². The summed E-state index contributed by atoms with van der Waals surface area (Å²) in [5.74, 6) is 0. The molecule has 0 aromatic carbocycles. The van der Waals surface area contributed by atoms with Gasteiger partial charge in [-0.05, 0) is 25.8 Å². The average Bonchev–Trinajstić information content (AvgIpc) is 2.95. The molecule has 1 fully saturated rings. The van der Waals surface area contributed by atoms with Gasteiger partial charge in [0.25, 0.3) is 0 Å². The number of rotatable bonds is 5. The number of sulfone groups is 1. The van der Waals surface area contributed by atoms with Crippen molar-refractivity contribution < 1.29 is 8.42 Å². The molecule has 1 aromatic rings. The van der Waals surface area contributed by atoms with Gasteiger partial charge >= 0.3 is 0 Å². The van der Waals surface area contributed by atoms with Crippen LogP contribution in [-0.2, 0) is 16.3 Å². The Morgan fingerprint density at radius 1 is 1.47 bits per heavy atom. The maximum Gasteiger partial charge on any atom is 0.151 e. The summed E-state index contributed by atoms with van der Waals surface area (Å²) < 4.78 is 25.0. The number of hydrogen-bond acceptors (Lipinski definition) is 4. The molecule has 19 heavy (non-hydrogen) atoms. The molecule has 0 amide bonds. The first-order valence-corrected chi connectivity index (χ1v) is 8.82. The van der Waals surface area contributed by atoms with Crippen molar-refractivity contribution in [3.63, 3.8) is 0 Å². The van der Waals surface area contributed by atoms with Crippen molar-refractivity contribution >= 4 is 9.84 Å². The first-order valence-electron chi connectivity index (χ1n) is 6.86. The van der Waals surface area contributed by atoms with E-state index in [1.807, 2.05) is 16.9 Å². The number of aromatic nitrogens is 2. The van der Waals surface area contributed by atoms with Crippen LogP contribution in [0.5, 0.6) is 0 Å². The van der Waals surface area contributed by atoms with Crippen molar-refractivity contribution in [3.05, 3.63) is 18.0 Å². The van der Waals surface area contributed by atoms with Crippen LogP contribution in [0.2, 0.25) is 0 Å². The lowest BCUT2D eigenvalue weighted by Gasteiger charge is -2.17. The predicted octanol–water partition coefficient (Wildman–Crippen LogP) is 1.30. The summed E-state index contributed by atoms with van der Waals surface area (Å²) in [6, 6.07) is 2.06. The fraction of sp³-hybridized carbons (Fsp3) is 0.769. The highest BCUT2D eigenvalue weighted by atomic mass is 32.2. The molecule has 1 aliphatic carbocycles. The lowest BCUT2D eigenvalue weighted by Crippen LogP contribution is -2.39. The molecular formula is C13H23N3O2S. The van der Waals surface area contributed by atoms with Gasteiger partial charge in [-0.15, -0.1) is 0 Å². The van der Waals surface area contributed by atoms with E-state index in [2.05, 4.69) is 5.10 Å². The minimum absolute atomic E-state index is 0.401. The van der Waals surface area contributed by atoms with Gasteiger partial charge in [0.05, 0.1) is 17.0 Å². The minimum Gasteiger partial charge on any atom is -0.326 e. The zero-order valence-electron chi connectivity index (χ0n) is 11.6. The lowest BCUT2D eigenvalue weighted by atomic mass is 10.1. The first kappa shape index (κ1) is 14.5. The van der Waals surface area contributed by atoms with Crippen molar-refractivity contribution in [2.24, 2.45) is 5.73 Å². The lowest BCUT2D eigenvalue weighted by molar-refractivity contribution is 0.460. The third-order valence-corrected chi connectivity index (χ3v) is 5.79. The van der Waals surface area contributed by atoms with Gasteiger partial charge in [-0.1, -0.05) is 12.8 Å². The van der Waals surface area contributed by atoms with E-state index < -0.39 is 21.1 Å². The van der Waals surface area contributed by atoms with Crippen LogP contribution in [0.1, 0.15) is 44.3 Å². The topological polar surface area (TPSA) is 78.0 Å². The standard InChI is InChI=1S/C13H23N3O2S/c1-10(19(2,17)18)13(14)9-11-7-8-16(15-11)12-5-3-4-6-12/h7-8,10,12-13H,3-6,9,14H2,1-2H3. The quantitative estimate of drug-likeness (QED) is 0.884. The third-order valence-electron chi connectivity index (χ3n) is 4.09. The molecule has 0 bridgehead atoms. The average molecular weight is 285 g/mol. The summed E-state index contributed by atoms with van der Waals surface area (Å²) in [6.07, 6.45) is 8.64. The largest absolute Gasteiger partial charge is 0.326 e. The van der Waals surface area contributed by atoms with E-state index in [1.54, 1.807) is 6.92 Å². The molecule has 0 saturated heterocycles. The molecule has 2 atom stereocenters. The van der Waals surface area contributed by atoms with E-state index in [9.17, 15) is 8.42 Å². The second kappa shape index (κ2) is 5.63. The summed E-state index contributed by atoms with van der Waals surface area (Å²) in [5, 5.41) is 4.00. The molecule has 2 rings (SSSR count). The molecule has 0 spiro atoms. The van der Waals surface area contributed by atoms with Gasteiger partial charge in [0, 0.05) is 24.9 Å². The van der Waals surface area contributed by atoms with Crippen LogP contribution in [-0.4, -0.2) is 35.7 Å². The van der Waals surface area contributed by atoms with Crippen molar-refractivity contribution in [2.45, 2.75) is 56.4 Å². The smallest absolute Gasteiger partial charge is 0.151 e. The molecule has 1 aromatic heterocycles. The summed E-state index contributed by atoms with van der Waals surface area (Å²) in [6.45, 7) is 1.66. The fourth-order valence-electron chi connectivity index (χ4n) is 2.58. The normalized spacial score (nSPS) is 20.6. The molecule has 2 N–H and O–H groups in total. The Balaban J connectivity index is 1.99. The molecule has 5 nitrogen and oxygen atoms in total. The second-order valence-electron chi connectivity index (χ2n) is 5.63. The molecule has 1 aliphatic rings. The van der Waals surface area contributed by atoms with Gasteiger partial charge in [0.1, 0.15) is 0 Å². The Bertz CT molecular complexity index is 518. The maximum atomic E-state index is 11.5. The van der Waals surface area contributed by atoms with Gasteiger partial charge < -0.3 is 5.73 Å². The Labute approximate surface area is 115 Å². The van der Waals surface area contributed by atoms with Crippen LogP contribution in [0, 0.1) is 0 Å². The summed E-state index contributed by atoms with van der Waals surface area (Å²) in [5.41, 5.74) is 6.85. The molecular weight excluding hydrogens is 262 g/mol. The fourth-order valence-corrected chi connectivity index (χ4v) is 3.31. The van der Waals surface area contributed by atoms with Crippen molar-refractivity contribution in [1.29, 1.82) is 0 Å². The molecule has 108 valence electrons. The van der Waals surface area contributed by atoms with Crippen molar-refractivity contribution in [1.82, 2.24) is 9.78 Å². The van der Waals surface area contributed by atoms with E-state index in [0.29, 0.717) is 12.5 Å². The predicted molar refractivity (Wildman–Crippen MR) is 75.7 cm³/mol. The van der Waals surface area contributed by atoms with E-state index >= 15 is 0 Å². The van der Waals surface area contributed by atoms with Crippen LogP contribution in [0.25, 0.3) is 0 Å². The Morgan fingerprint density at radius 2 is 2.11 bits per heavy atom. The van der Waals surface area contributed by atoms with Crippen LogP contribution in [0.4, 0.5) is 0 Å². The van der Waals surface area contributed by atoms with E-state index in [0.717, 1.165) is 5.69 Å². The highest BCUT2D eigenvalue weighted by Gasteiger charge is 2.24. The van der Waals surface area contributed by atoms with Crippen LogP contribution < -0.4 is 5.73 Å². The summed E-state index contributed by atoms with van der Waals surface area (Å²) in [4.78, 5) is 0. The van der Waals surface area contributed by atoms with Crippen molar-refractivity contribution in [2.75, 3.05) is 6.26 Å². The Morgan fingerprint density at radius 3 is 2.68 bits per heavy atom. The van der Waals surface area contributed by atoms with Crippen molar-refractivity contribution in [3.8, 4) is 0 Å². The highest BCUT2D eigenvalue weighted by molar-refractivity contribution is 7.91. The number of hydrogen-bond donors (Lipinski definition) is 1. The van der Waals surface area contributed by atoms with Crippen LogP contribution in [0.15, 0.2) is 12.3 Å². The third kappa shape index (κ3) is 3.57. The monoisotopic (exact) mass is 285 g/mol. The van der Waals surface area contributed by atoms with Gasteiger partial charge in [-0.2, -0.15) is 5.10 Å². The summed E-state index contributed by atoms with van der Waals surface area (Å²) in [7, 11) is -3.09. The van der Waals surface area contributed by atoms with Gasteiger partial charge in [0.15, 0.2) is 9.84 Å². The Hall–Kier alpha value is -0.880. The zero-order chi connectivity index (χ0) is 14.0. The molecule has 1 saturated carbocycles. The highest BCUT2D eigenvalue weighted by Crippen LogP contribution is 2.28. The Kier molecular flexibility index (Phi) is 4.30. The van der Waals surface area contributed by atoms with E-state index in [-0.39, 0.29) is 0 Å². The summed E-state index contributed by atoms with van der Waals surface area (Å²) >= 11 is 0. The number of nitrogens with zero attached hydrogens (tertiary/aromatic N) is 2. The van der Waals surface area contributed by atoms with Crippen LogP contribution >= 0.6 is 0 Å². The number of nitrogens with two attached hydrogens (primary N) is 1. The SMILES string of the molecule is CC(C(N)Cc1ccn(C2CCCC2)n1)S(C)(=O)=O. The minimum atomic E-state index is -3.09. The first-order chi connectivity index (χ1) is 8.88. The molecule has 0 radical (unpaired) electrons.